The van der Waals surface area contributed by atoms with Gasteiger partial charge < -0.3 is 24.9 Å². The fraction of sp³-hybridized carbons (Fsp3) is 0.353. The molecule has 132 valence electrons. The molecule has 0 amide bonds. The first-order valence-corrected chi connectivity index (χ1v) is 8.08. The van der Waals surface area contributed by atoms with Gasteiger partial charge in [0.2, 0.25) is 11.8 Å². The number of rotatable bonds is 8. The number of benzene rings is 1. The quantitative estimate of drug-likeness (QED) is 0.636. The largest absolute Gasteiger partial charge is 0.471 e. The maximum Gasteiger partial charge on any atom is 0.247 e. The van der Waals surface area contributed by atoms with E-state index in [1.807, 2.05) is 37.3 Å². The van der Waals surface area contributed by atoms with E-state index in [9.17, 15) is 5.11 Å². The molecule has 2 aromatic heterocycles. The topological polar surface area (TPSA) is 108 Å². The molecule has 1 aromatic carbocycles. The van der Waals surface area contributed by atoms with Crippen LogP contribution in [0.5, 0.6) is 5.88 Å². The predicted octanol–water partition coefficient (Wildman–Crippen LogP) is 1.38. The van der Waals surface area contributed by atoms with Crippen LogP contribution in [0.2, 0.25) is 0 Å². The molecule has 1 atom stereocenters. The molecule has 3 rings (SSSR count). The van der Waals surface area contributed by atoms with E-state index in [4.69, 9.17) is 15.2 Å². The maximum atomic E-state index is 10.0. The van der Waals surface area contributed by atoms with E-state index in [1.165, 1.54) is 0 Å². The third-order valence-corrected chi connectivity index (χ3v) is 3.59. The maximum absolute atomic E-state index is 10.0. The van der Waals surface area contributed by atoms with E-state index in [1.54, 1.807) is 10.9 Å². The molecule has 3 N–H and O–H groups in total. The third kappa shape index (κ3) is 4.23. The summed E-state index contributed by atoms with van der Waals surface area (Å²) < 4.78 is 12.7. The van der Waals surface area contributed by atoms with Crippen molar-refractivity contribution in [3.05, 3.63) is 42.2 Å². The highest BCUT2D eigenvalue weighted by Crippen LogP contribution is 2.23. The minimum Gasteiger partial charge on any atom is -0.471 e. The summed E-state index contributed by atoms with van der Waals surface area (Å²) in [5.41, 5.74) is 7.84. The first kappa shape index (κ1) is 17.1. The highest BCUT2D eigenvalue weighted by Gasteiger charge is 2.15. The van der Waals surface area contributed by atoms with E-state index in [2.05, 4.69) is 15.0 Å². The summed E-state index contributed by atoms with van der Waals surface area (Å²) in [5.74, 6) is 0.418. The zero-order valence-electron chi connectivity index (χ0n) is 14.0. The lowest BCUT2D eigenvalue weighted by Gasteiger charge is -2.12. The minimum absolute atomic E-state index is 0.0941. The van der Waals surface area contributed by atoms with Gasteiger partial charge in [-0.15, -0.1) is 0 Å². The van der Waals surface area contributed by atoms with Crippen LogP contribution >= 0.6 is 0 Å². The number of fused-ring (bicyclic) bond motifs is 1. The van der Waals surface area contributed by atoms with Crippen LogP contribution < -0.4 is 10.5 Å². The lowest BCUT2D eigenvalue weighted by molar-refractivity contribution is 0.0340. The minimum atomic E-state index is -0.665. The fourth-order valence-corrected chi connectivity index (χ4v) is 2.43. The van der Waals surface area contributed by atoms with Gasteiger partial charge in [-0.1, -0.05) is 30.3 Å². The van der Waals surface area contributed by atoms with Gasteiger partial charge >= 0.3 is 0 Å². The predicted molar refractivity (Wildman–Crippen MR) is 93.0 cm³/mol. The van der Waals surface area contributed by atoms with Gasteiger partial charge in [-0.3, -0.25) is 0 Å². The zero-order valence-corrected chi connectivity index (χ0v) is 14.0. The van der Waals surface area contributed by atoms with E-state index in [-0.39, 0.29) is 12.6 Å². The Hall–Kier alpha value is -2.71. The molecule has 0 aliphatic carbocycles. The molecule has 0 unspecified atom stereocenters. The Balaban J connectivity index is 1.80. The van der Waals surface area contributed by atoms with Crippen molar-refractivity contribution in [2.45, 2.75) is 26.2 Å². The van der Waals surface area contributed by atoms with Gasteiger partial charge in [0.15, 0.2) is 11.2 Å². The highest BCUT2D eigenvalue weighted by molar-refractivity contribution is 5.77. The summed E-state index contributed by atoms with van der Waals surface area (Å²) in [6.45, 7) is 3.32. The van der Waals surface area contributed by atoms with Crippen LogP contribution in [0.1, 0.15) is 12.5 Å². The molecule has 8 heteroatoms. The molecule has 25 heavy (non-hydrogen) atoms. The molecule has 8 nitrogen and oxygen atoms in total. The molecule has 0 saturated carbocycles. The van der Waals surface area contributed by atoms with Crippen molar-refractivity contribution in [1.82, 2.24) is 19.5 Å². The van der Waals surface area contributed by atoms with Crippen molar-refractivity contribution in [3.8, 4) is 5.88 Å². The highest BCUT2D eigenvalue weighted by atomic mass is 16.5. The number of aliphatic hydroxyl groups excluding tert-OH is 1. The Bertz CT molecular complexity index is 822. The van der Waals surface area contributed by atoms with Crippen molar-refractivity contribution in [1.29, 1.82) is 0 Å². The summed E-state index contributed by atoms with van der Waals surface area (Å²) in [6, 6.07) is 9.75. The molecule has 0 aliphatic rings. The normalized spacial score (nSPS) is 12.4. The van der Waals surface area contributed by atoms with Gasteiger partial charge in [0, 0.05) is 6.61 Å². The number of aliphatic hydroxyl groups is 1. The van der Waals surface area contributed by atoms with E-state index >= 15 is 0 Å². The van der Waals surface area contributed by atoms with Gasteiger partial charge in [-0.05, 0) is 12.5 Å². The Morgan fingerprint density at radius 2 is 2.04 bits per heavy atom. The molecular formula is C17H21N5O3. The van der Waals surface area contributed by atoms with Crippen LogP contribution in [0.4, 0.5) is 5.95 Å². The Morgan fingerprint density at radius 1 is 1.24 bits per heavy atom. The number of nitrogen functional groups attached to an aromatic ring is 1. The standard InChI is InChI=1S/C17H21N5O3/c1-2-24-10-13(23)8-22-11-19-14-15(22)20-17(18)21-16(14)25-9-12-6-4-3-5-7-12/h3-7,11,13,23H,2,8-10H2,1H3,(H2,18,20,21)/t13-/m0/s1. The van der Waals surface area contributed by atoms with Gasteiger partial charge in [0.1, 0.15) is 6.61 Å². The summed E-state index contributed by atoms with van der Waals surface area (Å²) in [4.78, 5) is 12.7. The van der Waals surface area contributed by atoms with Crippen molar-refractivity contribution < 1.29 is 14.6 Å². The van der Waals surface area contributed by atoms with Crippen molar-refractivity contribution in [3.63, 3.8) is 0 Å². The molecule has 0 radical (unpaired) electrons. The summed E-state index contributed by atoms with van der Waals surface area (Å²) in [6.07, 6.45) is 0.922. The van der Waals surface area contributed by atoms with Gasteiger partial charge in [0.05, 0.1) is 25.6 Å². The van der Waals surface area contributed by atoms with E-state index in [0.717, 1.165) is 5.56 Å². The molecule has 0 bridgehead atoms. The smallest absolute Gasteiger partial charge is 0.247 e. The van der Waals surface area contributed by atoms with Crippen LogP contribution in [0.3, 0.4) is 0 Å². The molecular weight excluding hydrogens is 322 g/mol. The zero-order chi connectivity index (χ0) is 17.6. The van der Waals surface area contributed by atoms with Gasteiger partial charge in [0.25, 0.3) is 0 Å². The first-order chi connectivity index (χ1) is 12.2. The number of anilines is 1. The van der Waals surface area contributed by atoms with Crippen molar-refractivity contribution in [2.24, 2.45) is 0 Å². The SMILES string of the molecule is CCOC[C@@H](O)Cn1cnc2c(OCc3ccccc3)nc(N)nc21. The lowest BCUT2D eigenvalue weighted by atomic mass is 10.2. The number of nitrogens with two attached hydrogens (primary N) is 1. The third-order valence-electron chi connectivity index (χ3n) is 3.59. The number of hydrogen-bond donors (Lipinski definition) is 2. The lowest BCUT2D eigenvalue weighted by Crippen LogP contribution is -2.21. The monoisotopic (exact) mass is 343 g/mol. The second-order valence-electron chi connectivity index (χ2n) is 5.54. The van der Waals surface area contributed by atoms with Crippen LogP contribution in [-0.2, 0) is 17.9 Å². The van der Waals surface area contributed by atoms with Crippen LogP contribution in [-0.4, -0.2) is 43.9 Å². The van der Waals surface area contributed by atoms with Crippen LogP contribution in [0.15, 0.2) is 36.7 Å². The van der Waals surface area contributed by atoms with Crippen molar-refractivity contribution in [2.75, 3.05) is 18.9 Å². The number of hydrogen-bond acceptors (Lipinski definition) is 7. The number of imidazole rings is 1. The molecule has 3 aromatic rings. The fourth-order valence-electron chi connectivity index (χ4n) is 2.43. The number of aromatic nitrogens is 4. The Morgan fingerprint density at radius 3 is 2.80 bits per heavy atom. The molecule has 0 aliphatic heterocycles. The molecule has 0 fully saturated rings. The van der Waals surface area contributed by atoms with E-state index in [0.29, 0.717) is 36.8 Å². The summed E-state index contributed by atoms with van der Waals surface area (Å²) >= 11 is 0. The second kappa shape index (κ2) is 7.91. The average Bonchev–Trinajstić information content (AvgIpc) is 3.01. The van der Waals surface area contributed by atoms with Crippen LogP contribution in [0, 0.1) is 0 Å². The number of ether oxygens (including phenoxy) is 2. The summed E-state index contributed by atoms with van der Waals surface area (Å²) in [5, 5.41) is 10.0. The number of nitrogens with zero attached hydrogens (tertiary/aromatic N) is 4. The second-order valence-corrected chi connectivity index (χ2v) is 5.54. The Labute approximate surface area is 145 Å². The average molecular weight is 343 g/mol. The molecule has 0 spiro atoms. The molecule has 0 saturated heterocycles. The summed E-state index contributed by atoms with van der Waals surface area (Å²) in [7, 11) is 0. The first-order valence-electron chi connectivity index (χ1n) is 8.08. The van der Waals surface area contributed by atoms with E-state index < -0.39 is 6.10 Å². The Kier molecular flexibility index (Phi) is 5.42. The molecule has 2 heterocycles. The van der Waals surface area contributed by atoms with Gasteiger partial charge in [-0.2, -0.15) is 9.97 Å². The van der Waals surface area contributed by atoms with Gasteiger partial charge in [-0.25, -0.2) is 4.98 Å². The van der Waals surface area contributed by atoms with Crippen LogP contribution in [0.25, 0.3) is 11.2 Å². The van der Waals surface area contributed by atoms with Crippen molar-refractivity contribution >= 4 is 17.1 Å².